The average Bonchev–Trinajstić information content (AvgIpc) is 3.87. The van der Waals surface area contributed by atoms with Crippen LogP contribution in [0.5, 0.6) is 0 Å². The number of aromatic nitrogens is 8. The van der Waals surface area contributed by atoms with Crippen LogP contribution in [0.2, 0.25) is 0 Å². The SMILES string of the molecule is CCCc1nc2c(c(C)nn2C)n1Cc1ccc(-c2ccccc2-c2nnnn2C(c2ccccc2)(c2ccccc2)c2ccccc2)cc1. The quantitative estimate of drug-likeness (QED) is 0.139. The maximum absolute atomic E-state index is 4.96. The highest BCUT2D eigenvalue weighted by Gasteiger charge is 2.42. The number of nitrogens with zero attached hydrogens (tertiary/aromatic N) is 8. The first-order valence-corrected chi connectivity index (χ1v) is 17.1. The topological polar surface area (TPSA) is 79.2 Å². The molecule has 0 bridgehead atoms. The van der Waals surface area contributed by atoms with Gasteiger partial charge in [-0.15, -0.1) is 5.10 Å². The van der Waals surface area contributed by atoms with Crippen molar-refractivity contribution in [1.29, 1.82) is 0 Å². The Morgan fingerprint density at radius 3 is 1.80 bits per heavy atom. The van der Waals surface area contributed by atoms with Crippen LogP contribution in [-0.2, 0) is 25.6 Å². The minimum absolute atomic E-state index is 0.679. The van der Waals surface area contributed by atoms with Crippen molar-refractivity contribution < 1.29 is 0 Å². The minimum atomic E-state index is -0.837. The Bertz CT molecular complexity index is 2270. The Balaban J connectivity index is 1.24. The van der Waals surface area contributed by atoms with Gasteiger partial charge in [0.05, 0.1) is 5.69 Å². The van der Waals surface area contributed by atoms with E-state index in [1.807, 2.05) is 34.6 Å². The van der Waals surface area contributed by atoms with E-state index in [0.29, 0.717) is 5.82 Å². The predicted octanol–water partition coefficient (Wildman–Crippen LogP) is 8.24. The first kappa shape index (κ1) is 31.1. The van der Waals surface area contributed by atoms with Gasteiger partial charge < -0.3 is 4.57 Å². The van der Waals surface area contributed by atoms with Crippen LogP contribution >= 0.6 is 0 Å². The molecule has 0 spiro atoms. The van der Waals surface area contributed by atoms with Gasteiger partial charge in [0.1, 0.15) is 16.9 Å². The molecule has 8 rings (SSSR count). The van der Waals surface area contributed by atoms with Crippen LogP contribution in [0.4, 0.5) is 0 Å². The second-order valence-corrected chi connectivity index (χ2v) is 12.7. The number of imidazole rings is 1. The zero-order valence-corrected chi connectivity index (χ0v) is 28.5. The highest BCUT2D eigenvalue weighted by molar-refractivity contribution is 5.81. The highest BCUT2D eigenvalue weighted by atomic mass is 15.6. The van der Waals surface area contributed by atoms with Crippen molar-refractivity contribution in [2.75, 3.05) is 0 Å². The van der Waals surface area contributed by atoms with Gasteiger partial charge in [-0.3, -0.25) is 0 Å². The summed E-state index contributed by atoms with van der Waals surface area (Å²) in [5.41, 5.74) is 9.69. The standard InChI is InChI=1S/C42H38N8/c1-4-16-38-43-41-39(30(2)45-48(41)3)49(38)29-31-25-27-32(28-26-31)36-23-14-15-24-37(36)40-44-46-47-50(40)42(33-17-8-5-9-18-33,34-19-10-6-11-20-34)35-21-12-7-13-22-35/h5-15,17-28H,4,16,29H2,1-3H3. The maximum atomic E-state index is 4.96. The van der Waals surface area contributed by atoms with Gasteiger partial charge in [-0.25, -0.2) is 14.3 Å². The summed E-state index contributed by atoms with van der Waals surface area (Å²) in [7, 11) is 1.97. The molecule has 0 unspecified atom stereocenters. The number of tetrazole rings is 1. The number of fused-ring (bicyclic) bond motifs is 1. The second-order valence-electron chi connectivity index (χ2n) is 12.7. The Labute approximate surface area is 291 Å². The van der Waals surface area contributed by atoms with Crippen molar-refractivity contribution in [1.82, 2.24) is 39.5 Å². The normalized spacial score (nSPS) is 11.7. The molecule has 0 aliphatic heterocycles. The number of hydrogen-bond donors (Lipinski definition) is 0. The largest absolute Gasteiger partial charge is 0.321 e. The summed E-state index contributed by atoms with van der Waals surface area (Å²) in [6, 6.07) is 48.7. The smallest absolute Gasteiger partial charge is 0.184 e. The lowest BCUT2D eigenvalue weighted by Gasteiger charge is -2.36. The van der Waals surface area contributed by atoms with Crippen LogP contribution in [0, 0.1) is 6.92 Å². The van der Waals surface area contributed by atoms with Crippen molar-refractivity contribution in [2.45, 2.75) is 38.8 Å². The second kappa shape index (κ2) is 13.0. The van der Waals surface area contributed by atoms with Gasteiger partial charge in [-0.2, -0.15) is 5.10 Å². The molecule has 0 aliphatic carbocycles. The van der Waals surface area contributed by atoms with Gasteiger partial charge in [0.15, 0.2) is 11.5 Å². The van der Waals surface area contributed by atoms with Crippen molar-refractivity contribution >= 4 is 11.2 Å². The molecule has 50 heavy (non-hydrogen) atoms. The molecule has 3 aromatic heterocycles. The van der Waals surface area contributed by atoms with Crippen molar-refractivity contribution in [3.05, 3.63) is 173 Å². The summed E-state index contributed by atoms with van der Waals surface area (Å²) in [5, 5.41) is 18.5. The molecule has 3 heterocycles. The van der Waals surface area contributed by atoms with E-state index in [9.17, 15) is 0 Å². The summed E-state index contributed by atoms with van der Waals surface area (Å²) < 4.78 is 6.21. The van der Waals surface area contributed by atoms with Crippen molar-refractivity contribution in [3.63, 3.8) is 0 Å². The van der Waals surface area contributed by atoms with Crippen LogP contribution in [0.3, 0.4) is 0 Å². The molecule has 0 amide bonds. The van der Waals surface area contributed by atoms with Crippen LogP contribution in [0.25, 0.3) is 33.7 Å². The third kappa shape index (κ3) is 5.20. The Morgan fingerprint density at radius 2 is 1.22 bits per heavy atom. The number of hydrogen-bond acceptors (Lipinski definition) is 5. The van der Waals surface area contributed by atoms with Gasteiger partial charge in [0.2, 0.25) is 0 Å². The van der Waals surface area contributed by atoms with Crippen molar-refractivity contribution in [2.24, 2.45) is 7.05 Å². The maximum Gasteiger partial charge on any atom is 0.184 e. The molecule has 8 aromatic rings. The zero-order chi connectivity index (χ0) is 34.1. The third-order valence-corrected chi connectivity index (χ3v) is 9.59. The molecule has 8 heteroatoms. The molecule has 246 valence electrons. The Hall–Kier alpha value is -6.15. The highest BCUT2D eigenvalue weighted by Crippen LogP contribution is 2.43. The van der Waals surface area contributed by atoms with Crippen LogP contribution in [0.15, 0.2) is 140 Å². The molecule has 0 saturated carbocycles. The van der Waals surface area contributed by atoms with Crippen LogP contribution < -0.4 is 0 Å². The van der Waals surface area contributed by atoms with Crippen LogP contribution in [0.1, 0.15) is 47.1 Å². The Morgan fingerprint density at radius 1 is 0.660 bits per heavy atom. The summed E-state index contributed by atoms with van der Waals surface area (Å²) in [5.74, 6) is 1.77. The molecule has 5 aromatic carbocycles. The fourth-order valence-electron chi connectivity index (χ4n) is 7.36. The van der Waals surface area contributed by atoms with Gasteiger partial charge in [0, 0.05) is 25.6 Å². The van der Waals surface area contributed by atoms with E-state index in [1.54, 1.807) is 0 Å². The fraction of sp³-hybridized carbons (Fsp3) is 0.167. The molecule has 8 nitrogen and oxygen atoms in total. The lowest BCUT2D eigenvalue weighted by molar-refractivity contribution is 0.451. The van der Waals surface area contributed by atoms with E-state index in [2.05, 4.69) is 150 Å². The Kier molecular flexibility index (Phi) is 8.12. The lowest BCUT2D eigenvalue weighted by Crippen LogP contribution is -2.39. The molecular formula is C42H38N8. The number of aryl methyl sites for hydroxylation is 3. The van der Waals surface area contributed by atoms with E-state index < -0.39 is 5.54 Å². The van der Waals surface area contributed by atoms with E-state index >= 15 is 0 Å². The van der Waals surface area contributed by atoms with E-state index in [-0.39, 0.29) is 0 Å². The minimum Gasteiger partial charge on any atom is -0.321 e. The molecule has 0 radical (unpaired) electrons. The summed E-state index contributed by atoms with van der Waals surface area (Å²) >= 11 is 0. The van der Waals surface area contributed by atoms with E-state index in [1.165, 1.54) is 5.56 Å². The molecule has 0 fully saturated rings. The summed E-state index contributed by atoms with van der Waals surface area (Å²) in [6.45, 7) is 4.99. The van der Waals surface area contributed by atoms with E-state index in [4.69, 9.17) is 15.3 Å². The van der Waals surface area contributed by atoms with Crippen LogP contribution in [-0.4, -0.2) is 39.5 Å². The van der Waals surface area contributed by atoms with Crippen molar-refractivity contribution in [3.8, 4) is 22.5 Å². The molecular weight excluding hydrogens is 617 g/mol. The monoisotopic (exact) mass is 654 g/mol. The molecule has 0 N–H and O–H groups in total. The first-order valence-electron chi connectivity index (χ1n) is 17.1. The molecule has 0 saturated heterocycles. The van der Waals surface area contributed by atoms with E-state index in [0.717, 1.165) is 75.4 Å². The van der Waals surface area contributed by atoms with Gasteiger partial charge in [0.25, 0.3) is 0 Å². The first-order chi connectivity index (χ1) is 24.6. The summed E-state index contributed by atoms with van der Waals surface area (Å²) in [4.78, 5) is 4.96. The van der Waals surface area contributed by atoms with Gasteiger partial charge in [-0.1, -0.05) is 146 Å². The number of benzene rings is 5. The average molecular weight is 655 g/mol. The molecule has 0 aliphatic rings. The fourth-order valence-corrected chi connectivity index (χ4v) is 7.36. The zero-order valence-electron chi connectivity index (χ0n) is 28.5. The number of rotatable bonds is 10. The molecule has 0 atom stereocenters. The lowest BCUT2D eigenvalue weighted by atomic mass is 9.77. The third-order valence-electron chi connectivity index (χ3n) is 9.59. The predicted molar refractivity (Wildman–Crippen MR) is 198 cm³/mol. The summed E-state index contributed by atoms with van der Waals surface area (Å²) in [6.07, 6.45) is 1.95. The van der Waals surface area contributed by atoms with Gasteiger partial charge in [-0.05, 0) is 57.2 Å². The van der Waals surface area contributed by atoms with Gasteiger partial charge >= 0.3 is 0 Å².